The fourth-order valence-electron chi connectivity index (χ4n) is 0.677. The van der Waals surface area contributed by atoms with Crippen LogP contribution in [0.3, 0.4) is 0 Å². The van der Waals surface area contributed by atoms with E-state index in [4.69, 9.17) is 23.2 Å². The average molecular weight is 187 g/mol. The first-order valence-electron chi connectivity index (χ1n) is 3.21. The number of hydrogen-bond acceptors (Lipinski definition) is 0. The normalized spacial score (nSPS) is 11.3. The van der Waals surface area contributed by atoms with E-state index in [2.05, 4.69) is 13.8 Å². The highest BCUT2D eigenvalue weighted by Crippen LogP contribution is 2.36. The highest BCUT2D eigenvalue weighted by Gasteiger charge is 2.06. The standard InChI is InChI=1S/C6H13Cl2P/c1-3-9(4-2)5-6(7)8/h6H,3-5H2,1-2H3. The lowest BCUT2D eigenvalue weighted by Gasteiger charge is -2.12. The Labute approximate surface area is 68.7 Å². The lowest BCUT2D eigenvalue weighted by molar-refractivity contribution is 1.31. The van der Waals surface area contributed by atoms with E-state index in [1.165, 1.54) is 12.3 Å². The summed E-state index contributed by atoms with van der Waals surface area (Å²) < 4.78 is 0. The van der Waals surface area contributed by atoms with Gasteiger partial charge in [-0.1, -0.05) is 13.8 Å². The third-order valence-electron chi connectivity index (χ3n) is 1.29. The fourth-order valence-corrected chi connectivity index (χ4v) is 3.20. The largest absolute Gasteiger partial charge is 0.111 e. The van der Waals surface area contributed by atoms with Crippen LogP contribution in [0, 0.1) is 0 Å². The van der Waals surface area contributed by atoms with Gasteiger partial charge in [-0.15, -0.1) is 31.1 Å². The van der Waals surface area contributed by atoms with Gasteiger partial charge in [0.05, 0.1) is 0 Å². The molecule has 0 N–H and O–H groups in total. The minimum atomic E-state index is -0.143. The SMILES string of the molecule is CCP(CC)CC(Cl)Cl. The molecular weight excluding hydrogens is 174 g/mol. The molecule has 0 radical (unpaired) electrons. The van der Waals surface area contributed by atoms with Crippen LogP contribution in [0.2, 0.25) is 0 Å². The Kier molecular flexibility index (Phi) is 6.42. The summed E-state index contributed by atoms with van der Waals surface area (Å²) >= 11 is 11.2. The molecule has 3 heteroatoms. The van der Waals surface area contributed by atoms with Gasteiger partial charge in [0.25, 0.3) is 0 Å². The van der Waals surface area contributed by atoms with Crippen LogP contribution in [-0.4, -0.2) is 23.3 Å². The number of halogens is 2. The molecule has 0 bridgehead atoms. The van der Waals surface area contributed by atoms with E-state index in [9.17, 15) is 0 Å². The lowest BCUT2D eigenvalue weighted by Crippen LogP contribution is -1.97. The van der Waals surface area contributed by atoms with Crippen molar-refractivity contribution in [1.82, 2.24) is 0 Å². The zero-order valence-electron chi connectivity index (χ0n) is 5.90. The average Bonchev–Trinajstić information content (AvgIpc) is 1.82. The quantitative estimate of drug-likeness (QED) is 0.467. The molecule has 0 spiro atoms. The van der Waals surface area contributed by atoms with Gasteiger partial charge in [0, 0.05) is 0 Å². The first-order valence-corrected chi connectivity index (χ1v) is 5.98. The monoisotopic (exact) mass is 186 g/mol. The van der Waals surface area contributed by atoms with Crippen LogP contribution in [0.25, 0.3) is 0 Å². The third kappa shape index (κ3) is 5.45. The molecule has 0 fully saturated rings. The molecule has 0 unspecified atom stereocenters. The number of alkyl halides is 2. The molecule has 9 heavy (non-hydrogen) atoms. The van der Waals surface area contributed by atoms with E-state index in [1.807, 2.05) is 0 Å². The summed E-state index contributed by atoms with van der Waals surface area (Å²) in [5.41, 5.74) is 0. The minimum absolute atomic E-state index is 0.140. The maximum absolute atomic E-state index is 5.61. The lowest BCUT2D eigenvalue weighted by atomic mass is 10.9. The summed E-state index contributed by atoms with van der Waals surface area (Å²) in [6.07, 6.45) is 3.51. The van der Waals surface area contributed by atoms with Crippen molar-refractivity contribution < 1.29 is 0 Å². The molecule has 56 valence electrons. The Morgan fingerprint density at radius 1 is 1.22 bits per heavy atom. The van der Waals surface area contributed by atoms with Crippen molar-refractivity contribution >= 4 is 31.1 Å². The van der Waals surface area contributed by atoms with Gasteiger partial charge in [-0.05, 0) is 18.5 Å². The molecular formula is C6H13Cl2P. The Balaban J connectivity index is 3.31. The van der Waals surface area contributed by atoms with Gasteiger partial charge in [-0.2, -0.15) is 0 Å². The second-order valence-corrected chi connectivity index (χ2v) is 6.13. The van der Waals surface area contributed by atoms with Crippen molar-refractivity contribution in [3.05, 3.63) is 0 Å². The third-order valence-corrected chi connectivity index (χ3v) is 4.70. The summed E-state index contributed by atoms with van der Waals surface area (Å²) in [5.74, 6) is 0. The van der Waals surface area contributed by atoms with Gasteiger partial charge in [0.1, 0.15) is 4.84 Å². The Morgan fingerprint density at radius 2 is 1.67 bits per heavy atom. The Bertz CT molecular complexity index is 62.1. The maximum Gasteiger partial charge on any atom is 0.111 e. The molecule has 0 rings (SSSR count). The van der Waals surface area contributed by atoms with Crippen molar-refractivity contribution in [1.29, 1.82) is 0 Å². The van der Waals surface area contributed by atoms with E-state index in [0.29, 0.717) is 0 Å². The highest BCUT2D eigenvalue weighted by molar-refractivity contribution is 7.57. The molecule has 0 aliphatic rings. The predicted octanol–water partition coefficient (Wildman–Crippen LogP) is 3.31. The van der Waals surface area contributed by atoms with Crippen LogP contribution in [0.4, 0.5) is 0 Å². The molecule has 0 saturated heterocycles. The zero-order valence-corrected chi connectivity index (χ0v) is 8.31. The second-order valence-electron chi connectivity index (χ2n) is 1.88. The van der Waals surface area contributed by atoms with Crippen molar-refractivity contribution in [2.24, 2.45) is 0 Å². The number of hydrogen-bond donors (Lipinski definition) is 0. The van der Waals surface area contributed by atoms with Gasteiger partial charge < -0.3 is 0 Å². The molecule has 0 heterocycles. The van der Waals surface area contributed by atoms with Crippen LogP contribution in [0.5, 0.6) is 0 Å². The van der Waals surface area contributed by atoms with E-state index < -0.39 is 0 Å². The van der Waals surface area contributed by atoms with Gasteiger partial charge in [0.2, 0.25) is 0 Å². The molecule has 0 aliphatic heterocycles. The molecule has 0 atom stereocenters. The summed E-state index contributed by atoms with van der Waals surface area (Å²) in [6, 6.07) is 0. The minimum Gasteiger partial charge on any atom is -0.105 e. The molecule has 0 saturated carbocycles. The van der Waals surface area contributed by atoms with Crippen molar-refractivity contribution in [2.45, 2.75) is 18.7 Å². The van der Waals surface area contributed by atoms with Gasteiger partial charge in [-0.3, -0.25) is 0 Å². The van der Waals surface area contributed by atoms with Crippen LogP contribution < -0.4 is 0 Å². The second kappa shape index (κ2) is 5.77. The Hall–Kier alpha value is 1.01. The maximum atomic E-state index is 5.61. The van der Waals surface area contributed by atoms with E-state index in [1.54, 1.807) is 0 Å². The predicted molar refractivity (Wildman–Crippen MR) is 48.4 cm³/mol. The van der Waals surface area contributed by atoms with Crippen LogP contribution in [0.15, 0.2) is 0 Å². The summed E-state index contributed by atoms with van der Waals surface area (Å²) in [7, 11) is 0.140. The van der Waals surface area contributed by atoms with E-state index >= 15 is 0 Å². The first kappa shape index (κ1) is 10.0. The van der Waals surface area contributed by atoms with Crippen molar-refractivity contribution in [3.63, 3.8) is 0 Å². The zero-order chi connectivity index (χ0) is 7.28. The highest BCUT2D eigenvalue weighted by atomic mass is 35.5. The van der Waals surface area contributed by atoms with Gasteiger partial charge >= 0.3 is 0 Å². The molecule has 0 aromatic rings. The van der Waals surface area contributed by atoms with Crippen molar-refractivity contribution in [3.8, 4) is 0 Å². The van der Waals surface area contributed by atoms with E-state index in [0.717, 1.165) is 6.16 Å². The molecule has 0 aliphatic carbocycles. The topological polar surface area (TPSA) is 0 Å². The van der Waals surface area contributed by atoms with Crippen LogP contribution in [-0.2, 0) is 0 Å². The summed E-state index contributed by atoms with van der Waals surface area (Å²) in [4.78, 5) is -0.143. The molecule has 0 nitrogen and oxygen atoms in total. The molecule has 0 aromatic carbocycles. The first-order chi connectivity index (χ1) is 4.20. The smallest absolute Gasteiger partial charge is 0.105 e. The Morgan fingerprint density at radius 3 is 1.78 bits per heavy atom. The van der Waals surface area contributed by atoms with Crippen LogP contribution in [0.1, 0.15) is 13.8 Å². The van der Waals surface area contributed by atoms with Gasteiger partial charge in [0.15, 0.2) is 0 Å². The van der Waals surface area contributed by atoms with Crippen LogP contribution >= 0.6 is 31.1 Å². The summed E-state index contributed by atoms with van der Waals surface area (Å²) in [5, 5.41) is 0. The van der Waals surface area contributed by atoms with Crippen molar-refractivity contribution in [2.75, 3.05) is 18.5 Å². The summed E-state index contributed by atoms with van der Waals surface area (Å²) in [6.45, 7) is 4.40. The van der Waals surface area contributed by atoms with E-state index in [-0.39, 0.29) is 12.8 Å². The molecule has 0 amide bonds. The fraction of sp³-hybridized carbons (Fsp3) is 1.00. The van der Waals surface area contributed by atoms with Gasteiger partial charge in [-0.25, -0.2) is 0 Å². The molecule has 0 aromatic heterocycles. The number of rotatable bonds is 4.